The van der Waals surface area contributed by atoms with Gasteiger partial charge in [0.15, 0.2) is 11.6 Å². The molecule has 29 heavy (non-hydrogen) atoms. The minimum Gasteiger partial charge on any atom is -0.505 e. The van der Waals surface area contributed by atoms with Crippen molar-refractivity contribution in [3.05, 3.63) is 70.5 Å². The summed E-state index contributed by atoms with van der Waals surface area (Å²) in [5.41, 5.74) is 0.923. The molecule has 3 N–H and O–H groups in total. The lowest BCUT2D eigenvalue weighted by Gasteiger charge is -2.24. The van der Waals surface area contributed by atoms with Gasteiger partial charge in [0.25, 0.3) is 0 Å². The van der Waals surface area contributed by atoms with E-state index in [1.54, 1.807) is 24.3 Å². The second-order valence-corrected chi connectivity index (χ2v) is 7.38. The van der Waals surface area contributed by atoms with Crippen molar-refractivity contribution in [3.8, 4) is 5.75 Å². The Labute approximate surface area is 176 Å². The quantitative estimate of drug-likeness (QED) is 0.438. The summed E-state index contributed by atoms with van der Waals surface area (Å²) in [6.45, 7) is 1.82. The van der Waals surface area contributed by atoms with Gasteiger partial charge in [-0.25, -0.2) is 14.0 Å². The number of aliphatic carboxylic acids is 1. The van der Waals surface area contributed by atoms with E-state index in [1.165, 1.54) is 18.2 Å². The van der Waals surface area contributed by atoms with Crippen molar-refractivity contribution in [2.45, 2.75) is 25.9 Å². The van der Waals surface area contributed by atoms with Crippen molar-refractivity contribution < 1.29 is 28.9 Å². The van der Waals surface area contributed by atoms with Gasteiger partial charge < -0.3 is 14.9 Å². The van der Waals surface area contributed by atoms with Crippen molar-refractivity contribution in [3.63, 3.8) is 0 Å². The fourth-order valence-corrected chi connectivity index (χ4v) is 2.97. The lowest BCUT2D eigenvalue weighted by Crippen LogP contribution is -2.22. The highest BCUT2D eigenvalue weighted by Crippen LogP contribution is 2.32. The van der Waals surface area contributed by atoms with Gasteiger partial charge in [0.2, 0.25) is 0 Å². The maximum Gasteiger partial charge on any atom is 0.412 e. The van der Waals surface area contributed by atoms with Crippen LogP contribution in [0, 0.1) is 11.7 Å². The molecule has 0 aliphatic heterocycles. The summed E-state index contributed by atoms with van der Waals surface area (Å²) in [7, 11) is 0. The molecular formula is C21H21BrFNO5. The number of hydrogen-bond donors (Lipinski definition) is 3. The average Bonchev–Trinajstić information content (AvgIpc) is 2.67. The molecule has 0 radical (unpaired) electrons. The van der Waals surface area contributed by atoms with Gasteiger partial charge in [0, 0.05) is 16.2 Å². The average molecular weight is 466 g/mol. The van der Waals surface area contributed by atoms with E-state index in [0.717, 1.165) is 16.6 Å². The number of ether oxygens (including phenoxy) is 1. The number of carboxylic acids is 1. The van der Waals surface area contributed by atoms with E-state index >= 15 is 0 Å². The Morgan fingerprint density at radius 3 is 2.55 bits per heavy atom. The van der Waals surface area contributed by atoms with Crippen molar-refractivity contribution in [2.24, 2.45) is 5.92 Å². The van der Waals surface area contributed by atoms with Crippen LogP contribution in [0.15, 0.2) is 59.1 Å². The Kier molecular flexibility index (Phi) is 8.21. The number of aromatic hydroxyl groups is 1. The smallest absolute Gasteiger partial charge is 0.412 e. The van der Waals surface area contributed by atoms with Crippen molar-refractivity contribution >= 4 is 33.7 Å². The van der Waals surface area contributed by atoms with E-state index < -0.39 is 29.7 Å². The highest BCUT2D eigenvalue weighted by atomic mass is 79.9. The third-order valence-corrected chi connectivity index (χ3v) is 4.72. The summed E-state index contributed by atoms with van der Waals surface area (Å²) >= 11 is 3.31. The van der Waals surface area contributed by atoms with Gasteiger partial charge in [-0.2, -0.15) is 0 Å². The molecule has 0 spiro atoms. The molecule has 8 heteroatoms. The third-order valence-electron chi connectivity index (χ3n) is 4.19. The molecule has 0 fully saturated rings. The molecule has 0 bridgehead atoms. The fourth-order valence-electron chi connectivity index (χ4n) is 2.70. The van der Waals surface area contributed by atoms with Gasteiger partial charge in [-0.1, -0.05) is 35.0 Å². The molecule has 1 amide bonds. The Bertz CT molecular complexity index is 885. The Morgan fingerprint density at radius 2 is 1.93 bits per heavy atom. The number of carboxylic acid groups (broad SMARTS) is 1. The predicted molar refractivity (Wildman–Crippen MR) is 110 cm³/mol. The monoisotopic (exact) mass is 465 g/mol. The summed E-state index contributed by atoms with van der Waals surface area (Å²) in [6, 6.07) is 10.7. The van der Waals surface area contributed by atoms with Crippen LogP contribution in [0.25, 0.3) is 0 Å². The van der Waals surface area contributed by atoms with Crippen molar-refractivity contribution in [2.75, 3.05) is 5.32 Å². The molecule has 0 aromatic heterocycles. The largest absolute Gasteiger partial charge is 0.505 e. The fraction of sp³-hybridized carbons (Fsp3) is 0.238. The minimum atomic E-state index is -1.04. The van der Waals surface area contributed by atoms with E-state index in [2.05, 4.69) is 21.2 Å². The lowest BCUT2D eigenvalue weighted by molar-refractivity contribution is -0.131. The molecule has 6 nitrogen and oxygen atoms in total. The third kappa shape index (κ3) is 7.23. The number of phenols is 1. The summed E-state index contributed by atoms with van der Waals surface area (Å²) in [4.78, 5) is 23.0. The van der Waals surface area contributed by atoms with Crippen LogP contribution in [0.4, 0.5) is 14.9 Å². The first kappa shape index (κ1) is 22.4. The van der Waals surface area contributed by atoms with E-state index in [0.29, 0.717) is 24.1 Å². The molecule has 0 aliphatic carbocycles. The van der Waals surface area contributed by atoms with Gasteiger partial charge in [0.05, 0.1) is 0 Å². The number of allylic oxidation sites excluding steroid dienone is 1. The minimum absolute atomic E-state index is 0.243. The van der Waals surface area contributed by atoms with Crippen LogP contribution in [0.3, 0.4) is 0 Å². The number of carbonyl (C=O) groups is 2. The predicted octanol–water partition coefficient (Wildman–Crippen LogP) is 5.64. The lowest BCUT2D eigenvalue weighted by atomic mass is 9.93. The molecule has 0 unspecified atom stereocenters. The number of benzene rings is 2. The van der Waals surface area contributed by atoms with Crippen LogP contribution in [0.5, 0.6) is 5.75 Å². The molecule has 0 heterocycles. The number of rotatable bonds is 8. The molecule has 2 aromatic carbocycles. The maximum atomic E-state index is 13.8. The van der Waals surface area contributed by atoms with Crippen LogP contribution >= 0.6 is 15.9 Å². The summed E-state index contributed by atoms with van der Waals surface area (Å²) in [5.74, 6) is -2.60. The number of halogens is 2. The Balaban J connectivity index is 2.14. The number of anilines is 1. The van der Waals surface area contributed by atoms with Gasteiger partial charge in [0.1, 0.15) is 6.10 Å². The summed E-state index contributed by atoms with van der Waals surface area (Å²) in [5, 5.41) is 20.7. The van der Waals surface area contributed by atoms with E-state index in [-0.39, 0.29) is 5.92 Å². The number of hydrogen-bond acceptors (Lipinski definition) is 4. The van der Waals surface area contributed by atoms with Crippen LogP contribution in [0.1, 0.15) is 31.4 Å². The normalized spacial score (nSPS) is 13.1. The zero-order chi connectivity index (χ0) is 21.4. The van der Waals surface area contributed by atoms with E-state index in [1.807, 2.05) is 6.92 Å². The van der Waals surface area contributed by atoms with E-state index in [9.17, 15) is 19.1 Å². The number of phenolic OH excluding ortho intramolecular Hbond substituents is 1. The van der Waals surface area contributed by atoms with Crippen molar-refractivity contribution in [1.82, 2.24) is 0 Å². The Morgan fingerprint density at radius 1 is 1.24 bits per heavy atom. The molecular weight excluding hydrogens is 445 g/mol. The van der Waals surface area contributed by atoms with Crippen molar-refractivity contribution in [1.29, 1.82) is 0 Å². The van der Waals surface area contributed by atoms with Crippen LogP contribution in [-0.2, 0) is 9.53 Å². The number of carbonyl (C=O) groups excluding carboxylic acids is 1. The summed E-state index contributed by atoms with van der Waals surface area (Å²) in [6.07, 6.45) is 2.00. The highest BCUT2D eigenvalue weighted by molar-refractivity contribution is 9.10. The second-order valence-electron chi connectivity index (χ2n) is 6.46. The van der Waals surface area contributed by atoms with Crippen LogP contribution in [-0.4, -0.2) is 22.3 Å². The Hall–Kier alpha value is -2.87. The maximum absolute atomic E-state index is 13.8. The molecule has 0 aliphatic rings. The molecule has 2 atom stereocenters. The molecule has 2 rings (SSSR count). The highest BCUT2D eigenvalue weighted by Gasteiger charge is 2.24. The van der Waals surface area contributed by atoms with E-state index in [4.69, 9.17) is 9.84 Å². The van der Waals surface area contributed by atoms with Crippen LogP contribution in [0.2, 0.25) is 0 Å². The van der Waals surface area contributed by atoms with Crippen LogP contribution < -0.4 is 5.32 Å². The van der Waals surface area contributed by atoms with Gasteiger partial charge in [-0.05, 0) is 60.7 Å². The summed E-state index contributed by atoms with van der Waals surface area (Å²) < 4.78 is 20.2. The standard InChI is InChI=1S/C21H21BrFNO5/c1-13(4-2-3-5-19(26)27)20(14-6-11-18(25)17(23)12-14)29-21(28)24-16-9-7-15(22)8-10-16/h3,5-13,20,25H,2,4H2,1H3,(H,24,28)(H,26,27)/b5-3+/t13-,20-/m0/s1. The van der Waals surface area contributed by atoms with Gasteiger partial charge >= 0.3 is 12.1 Å². The number of amides is 1. The number of nitrogens with one attached hydrogen (secondary N) is 1. The molecule has 2 aromatic rings. The first-order valence-corrected chi connectivity index (χ1v) is 9.66. The molecule has 0 saturated carbocycles. The zero-order valence-corrected chi connectivity index (χ0v) is 17.2. The van der Waals surface area contributed by atoms with Gasteiger partial charge in [-0.3, -0.25) is 5.32 Å². The molecule has 154 valence electrons. The van der Waals surface area contributed by atoms with Gasteiger partial charge in [-0.15, -0.1) is 0 Å². The molecule has 0 saturated heterocycles. The topological polar surface area (TPSA) is 95.9 Å². The zero-order valence-electron chi connectivity index (χ0n) is 15.6. The SMILES string of the molecule is C[C@@H](CC/C=C/C(=O)O)[C@H](OC(=O)Nc1ccc(Br)cc1)c1ccc(O)c(F)c1. The first-order valence-electron chi connectivity index (χ1n) is 8.87. The second kappa shape index (κ2) is 10.6. The first-order chi connectivity index (χ1) is 13.8.